The molecule has 1 atom stereocenters. The van der Waals surface area contributed by atoms with Gasteiger partial charge in [0.25, 0.3) is 0 Å². The summed E-state index contributed by atoms with van der Waals surface area (Å²) in [5, 5.41) is 6.01. The van der Waals surface area contributed by atoms with Gasteiger partial charge in [-0.1, -0.05) is 0 Å². The number of ether oxygens (including phenoxy) is 1. The second-order valence-corrected chi connectivity index (χ2v) is 6.19. The Labute approximate surface area is 125 Å². The molecule has 116 valence electrons. The van der Waals surface area contributed by atoms with Gasteiger partial charge in [0.15, 0.2) is 0 Å². The van der Waals surface area contributed by atoms with Crippen LogP contribution in [0, 0.1) is 13.8 Å². The number of carbonyl (C=O) groups is 1. The number of nitrogens with zero attached hydrogens (tertiary/aromatic N) is 2. The lowest BCUT2D eigenvalue weighted by Gasteiger charge is -2.35. The Morgan fingerprint density at radius 2 is 2.05 bits per heavy atom. The zero-order valence-corrected chi connectivity index (χ0v) is 13.2. The van der Waals surface area contributed by atoms with E-state index in [4.69, 9.17) is 4.74 Å². The van der Waals surface area contributed by atoms with Crippen molar-refractivity contribution in [2.24, 2.45) is 0 Å². The van der Waals surface area contributed by atoms with Gasteiger partial charge in [-0.05, 0) is 46.6 Å². The first-order valence-corrected chi connectivity index (χ1v) is 7.33. The predicted molar refractivity (Wildman–Crippen MR) is 81.2 cm³/mol. The summed E-state index contributed by atoms with van der Waals surface area (Å²) in [7, 11) is 0. The molecule has 21 heavy (non-hydrogen) atoms. The van der Waals surface area contributed by atoms with Crippen LogP contribution in [0.25, 0.3) is 0 Å². The molecule has 0 unspecified atom stereocenters. The van der Waals surface area contributed by atoms with Crippen LogP contribution in [0.2, 0.25) is 0 Å². The molecule has 6 heteroatoms. The van der Waals surface area contributed by atoms with Crippen molar-refractivity contribution in [1.29, 1.82) is 0 Å². The molecule has 0 radical (unpaired) electrons. The first-order valence-electron chi connectivity index (χ1n) is 7.33. The number of rotatable bonds is 4. The number of hydrogen-bond acceptors (Lipinski definition) is 5. The number of nitrogens with one attached hydrogen (secondary N) is 2. The Bertz CT molecular complexity index is 496. The van der Waals surface area contributed by atoms with Crippen LogP contribution in [0.1, 0.15) is 38.1 Å². The van der Waals surface area contributed by atoms with Gasteiger partial charge >= 0.3 is 0 Å². The average Bonchev–Trinajstić information content (AvgIpc) is 2.34. The van der Waals surface area contributed by atoms with Gasteiger partial charge in [-0.3, -0.25) is 4.79 Å². The molecule has 1 aromatic rings. The third kappa shape index (κ3) is 4.97. The summed E-state index contributed by atoms with van der Waals surface area (Å²) in [6.45, 7) is 8.78. The lowest BCUT2D eigenvalue weighted by molar-refractivity contribution is -0.122. The number of carbonyl (C=O) groups excluding carboxylic acids is 1. The summed E-state index contributed by atoms with van der Waals surface area (Å²) in [6.07, 6.45) is 1.69. The molecular formula is C15H24N4O2. The quantitative estimate of drug-likeness (QED) is 0.881. The van der Waals surface area contributed by atoms with Gasteiger partial charge in [-0.2, -0.15) is 0 Å². The van der Waals surface area contributed by atoms with Gasteiger partial charge in [0.05, 0.1) is 12.1 Å². The van der Waals surface area contributed by atoms with Crippen molar-refractivity contribution in [3.05, 3.63) is 17.5 Å². The zero-order chi connectivity index (χ0) is 15.5. The predicted octanol–water partition coefficient (Wildman–Crippen LogP) is 1.58. The van der Waals surface area contributed by atoms with Crippen LogP contribution in [0.3, 0.4) is 0 Å². The van der Waals surface area contributed by atoms with E-state index in [9.17, 15) is 4.79 Å². The van der Waals surface area contributed by atoms with Crippen molar-refractivity contribution in [2.45, 2.75) is 52.2 Å². The van der Waals surface area contributed by atoms with Crippen LogP contribution >= 0.6 is 0 Å². The minimum absolute atomic E-state index is 0.0412. The van der Waals surface area contributed by atoms with Crippen molar-refractivity contribution in [1.82, 2.24) is 15.3 Å². The maximum atomic E-state index is 12.0. The summed E-state index contributed by atoms with van der Waals surface area (Å²) >= 11 is 0. The maximum Gasteiger partial charge on any atom is 0.239 e. The fraction of sp³-hybridized carbons (Fsp3) is 0.667. The molecule has 0 aromatic carbocycles. The van der Waals surface area contributed by atoms with Crippen LogP contribution in [-0.2, 0) is 9.53 Å². The van der Waals surface area contributed by atoms with E-state index in [2.05, 4.69) is 20.6 Å². The Hall–Kier alpha value is -1.69. The van der Waals surface area contributed by atoms with Gasteiger partial charge in [-0.15, -0.1) is 0 Å². The van der Waals surface area contributed by atoms with Gasteiger partial charge in [0, 0.05) is 24.0 Å². The monoisotopic (exact) mass is 292 g/mol. The lowest BCUT2D eigenvalue weighted by atomic mass is 9.94. The largest absolute Gasteiger partial charge is 0.375 e. The molecule has 0 saturated carbocycles. The number of aromatic nitrogens is 2. The molecule has 1 amide bonds. The van der Waals surface area contributed by atoms with Crippen LogP contribution in [0.15, 0.2) is 6.07 Å². The highest BCUT2D eigenvalue weighted by Crippen LogP contribution is 2.23. The van der Waals surface area contributed by atoms with E-state index in [-0.39, 0.29) is 24.1 Å². The first-order chi connectivity index (χ1) is 9.84. The summed E-state index contributed by atoms with van der Waals surface area (Å²) in [4.78, 5) is 20.5. The Balaban J connectivity index is 1.82. The second-order valence-electron chi connectivity index (χ2n) is 6.19. The van der Waals surface area contributed by atoms with E-state index >= 15 is 0 Å². The number of amides is 1. The van der Waals surface area contributed by atoms with Crippen LogP contribution in [0.4, 0.5) is 5.95 Å². The molecule has 6 nitrogen and oxygen atoms in total. The van der Waals surface area contributed by atoms with E-state index in [0.717, 1.165) is 24.2 Å². The Kier molecular flexibility index (Phi) is 4.77. The molecule has 2 heterocycles. The van der Waals surface area contributed by atoms with E-state index in [0.29, 0.717) is 12.6 Å². The van der Waals surface area contributed by atoms with E-state index < -0.39 is 0 Å². The highest BCUT2D eigenvalue weighted by atomic mass is 16.5. The van der Waals surface area contributed by atoms with Gasteiger partial charge < -0.3 is 15.4 Å². The fourth-order valence-electron chi connectivity index (χ4n) is 2.60. The third-order valence-electron chi connectivity index (χ3n) is 3.45. The van der Waals surface area contributed by atoms with Gasteiger partial charge in [0.1, 0.15) is 0 Å². The van der Waals surface area contributed by atoms with E-state index in [1.54, 1.807) is 0 Å². The van der Waals surface area contributed by atoms with Crippen molar-refractivity contribution in [3.8, 4) is 0 Å². The molecular weight excluding hydrogens is 268 g/mol. The Morgan fingerprint density at radius 3 is 2.67 bits per heavy atom. The minimum atomic E-state index is -0.166. The lowest BCUT2D eigenvalue weighted by Crippen LogP contribution is -2.47. The van der Waals surface area contributed by atoms with Crippen LogP contribution in [0.5, 0.6) is 0 Å². The van der Waals surface area contributed by atoms with E-state index in [1.165, 1.54) is 0 Å². The Morgan fingerprint density at radius 1 is 1.38 bits per heavy atom. The molecule has 1 fully saturated rings. The molecule has 0 bridgehead atoms. The maximum absolute atomic E-state index is 12.0. The van der Waals surface area contributed by atoms with Gasteiger partial charge in [0.2, 0.25) is 11.9 Å². The molecule has 1 aliphatic heterocycles. The molecule has 2 N–H and O–H groups in total. The summed E-state index contributed by atoms with van der Waals surface area (Å²) in [6, 6.07) is 2.07. The summed E-state index contributed by atoms with van der Waals surface area (Å²) in [5.41, 5.74) is 1.61. The average molecular weight is 292 g/mol. The standard InChI is InChI=1S/C15H24N4O2/c1-10-7-11(2)18-14(17-10)16-9-13(20)19-12-5-6-21-15(3,4)8-12/h7,12H,5-6,8-9H2,1-4H3,(H,19,20)(H,16,17,18)/t12-/m1/s1. The zero-order valence-electron chi connectivity index (χ0n) is 13.2. The topological polar surface area (TPSA) is 76.1 Å². The summed E-state index contributed by atoms with van der Waals surface area (Å²) in [5.74, 6) is 0.454. The SMILES string of the molecule is Cc1cc(C)nc(NCC(=O)N[C@@H]2CCOC(C)(C)C2)n1. The molecule has 1 aliphatic rings. The van der Waals surface area contributed by atoms with Crippen LogP contribution < -0.4 is 10.6 Å². The minimum Gasteiger partial charge on any atom is -0.375 e. The molecule has 0 spiro atoms. The highest BCUT2D eigenvalue weighted by molar-refractivity contribution is 5.80. The van der Waals surface area contributed by atoms with Crippen molar-refractivity contribution < 1.29 is 9.53 Å². The number of aryl methyl sites for hydroxylation is 2. The number of anilines is 1. The number of hydrogen-bond donors (Lipinski definition) is 2. The summed E-state index contributed by atoms with van der Waals surface area (Å²) < 4.78 is 5.65. The van der Waals surface area contributed by atoms with Crippen molar-refractivity contribution in [2.75, 3.05) is 18.5 Å². The molecule has 0 aliphatic carbocycles. The fourth-order valence-corrected chi connectivity index (χ4v) is 2.60. The van der Waals surface area contributed by atoms with Crippen molar-refractivity contribution in [3.63, 3.8) is 0 Å². The van der Waals surface area contributed by atoms with Gasteiger partial charge in [-0.25, -0.2) is 9.97 Å². The molecule has 1 saturated heterocycles. The van der Waals surface area contributed by atoms with Crippen molar-refractivity contribution >= 4 is 11.9 Å². The first kappa shape index (κ1) is 15.7. The normalized spacial score (nSPS) is 20.9. The van der Waals surface area contributed by atoms with E-state index in [1.807, 2.05) is 33.8 Å². The second kappa shape index (κ2) is 6.39. The highest BCUT2D eigenvalue weighted by Gasteiger charge is 2.29. The molecule has 2 rings (SSSR count). The smallest absolute Gasteiger partial charge is 0.239 e. The third-order valence-corrected chi connectivity index (χ3v) is 3.45. The van der Waals surface area contributed by atoms with Crippen LogP contribution in [-0.4, -0.2) is 40.7 Å². The molecule has 1 aromatic heterocycles.